The Morgan fingerprint density at radius 2 is 2.10 bits per heavy atom. The Labute approximate surface area is 137 Å². The molecule has 0 aliphatic rings. The summed E-state index contributed by atoms with van der Waals surface area (Å²) in [6.45, 7) is 3.18. The van der Waals surface area contributed by atoms with Crippen LogP contribution in [0.5, 0.6) is 0 Å². The first-order chi connectivity index (χ1) is 10.3. The van der Waals surface area contributed by atoms with E-state index in [0.29, 0.717) is 0 Å². The van der Waals surface area contributed by atoms with Gasteiger partial charge in [0.25, 0.3) is 0 Å². The molecule has 3 rings (SSSR count). The number of hydrogen-bond acceptors (Lipinski definition) is 3. The van der Waals surface area contributed by atoms with Crippen molar-refractivity contribution in [1.82, 2.24) is 10.3 Å². The van der Waals surface area contributed by atoms with E-state index in [-0.39, 0.29) is 6.04 Å². The number of hydrogen-bond donors (Lipinski definition) is 1. The van der Waals surface area contributed by atoms with Gasteiger partial charge in [-0.05, 0) is 58.7 Å². The highest BCUT2D eigenvalue weighted by atomic mass is 79.9. The zero-order valence-corrected chi connectivity index (χ0v) is 14.2. The lowest BCUT2D eigenvalue weighted by molar-refractivity contribution is 0.605. The summed E-state index contributed by atoms with van der Waals surface area (Å²) in [5.74, 6) is 0. The predicted octanol–water partition coefficient (Wildman–Crippen LogP) is 5.15. The Morgan fingerprint density at radius 1 is 1.24 bits per heavy atom. The second-order valence-corrected chi connectivity index (χ2v) is 7.48. The molecule has 1 unspecified atom stereocenters. The summed E-state index contributed by atoms with van der Waals surface area (Å²) in [4.78, 5) is 5.91. The van der Waals surface area contributed by atoms with E-state index in [2.05, 4.69) is 69.6 Å². The van der Waals surface area contributed by atoms with Gasteiger partial charge in [0.1, 0.15) is 0 Å². The van der Waals surface area contributed by atoms with Gasteiger partial charge in [-0.15, -0.1) is 11.3 Å². The van der Waals surface area contributed by atoms with Crippen molar-refractivity contribution >= 4 is 38.2 Å². The maximum atomic E-state index is 4.60. The second kappa shape index (κ2) is 6.69. The molecule has 0 saturated carbocycles. The van der Waals surface area contributed by atoms with Gasteiger partial charge in [-0.3, -0.25) is 4.98 Å². The van der Waals surface area contributed by atoms with Crippen LogP contribution in [0.3, 0.4) is 0 Å². The zero-order chi connectivity index (χ0) is 14.7. The Morgan fingerprint density at radius 3 is 2.86 bits per heavy atom. The lowest BCUT2D eigenvalue weighted by Gasteiger charge is -2.17. The first kappa shape index (κ1) is 14.7. The van der Waals surface area contributed by atoms with Crippen LogP contribution in [0.15, 0.2) is 52.4 Å². The van der Waals surface area contributed by atoms with Gasteiger partial charge in [-0.1, -0.05) is 25.1 Å². The number of benzene rings is 1. The predicted molar refractivity (Wildman–Crippen MR) is 93.9 cm³/mol. The molecule has 0 aliphatic heterocycles. The fraction of sp³-hybridized carbons (Fsp3) is 0.235. The maximum absolute atomic E-state index is 4.60. The number of para-hydroxylation sites is 1. The molecule has 2 aromatic heterocycles. The van der Waals surface area contributed by atoms with Crippen molar-refractivity contribution in [3.8, 4) is 0 Å². The molecule has 3 aromatic rings. The summed E-state index contributed by atoms with van der Waals surface area (Å²) >= 11 is 5.33. The minimum atomic E-state index is 0.207. The van der Waals surface area contributed by atoms with Gasteiger partial charge in [-0.2, -0.15) is 0 Å². The normalized spacial score (nSPS) is 12.7. The van der Waals surface area contributed by atoms with Gasteiger partial charge in [0.2, 0.25) is 0 Å². The molecule has 2 nitrogen and oxygen atoms in total. The number of halogens is 1. The third-order valence-corrected chi connectivity index (χ3v) is 5.11. The van der Waals surface area contributed by atoms with E-state index < -0.39 is 0 Å². The summed E-state index contributed by atoms with van der Waals surface area (Å²) < 4.78 is 1.16. The molecule has 0 spiro atoms. The number of rotatable bonds is 5. The van der Waals surface area contributed by atoms with Crippen LogP contribution in [-0.2, 0) is 0 Å². The van der Waals surface area contributed by atoms with E-state index in [0.717, 1.165) is 22.3 Å². The van der Waals surface area contributed by atoms with E-state index in [4.69, 9.17) is 0 Å². The molecule has 0 amide bonds. The van der Waals surface area contributed by atoms with Crippen molar-refractivity contribution in [2.45, 2.75) is 19.4 Å². The summed E-state index contributed by atoms with van der Waals surface area (Å²) in [5.41, 5.74) is 2.26. The van der Waals surface area contributed by atoms with E-state index in [1.165, 1.54) is 15.8 Å². The van der Waals surface area contributed by atoms with Crippen LogP contribution in [0.25, 0.3) is 10.9 Å². The van der Waals surface area contributed by atoms with Gasteiger partial charge >= 0.3 is 0 Å². The summed E-state index contributed by atoms with van der Waals surface area (Å²) in [6.07, 6.45) is 3.10. The number of nitrogens with one attached hydrogen (secondary N) is 1. The molecular formula is C17H17BrN2S. The second-order valence-electron chi connectivity index (χ2n) is 4.99. The number of fused-ring (bicyclic) bond motifs is 1. The molecule has 0 saturated heterocycles. The molecule has 2 heterocycles. The van der Waals surface area contributed by atoms with Crippen LogP contribution in [0.2, 0.25) is 0 Å². The minimum Gasteiger partial charge on any atom is -0.306 e. The fourth-order valence-corrected chi connectivity index (χ4v) is 3.93. The van der Waals surface area contributed by atoms with E-state index in [1.54, 1.807) is 11.3 Å². The number of pyridine rings is 1. The molecule has 1 aromatic carbocycles. The van der Waals surface area contributed by atoms with Crippen molar-refractivity contribution in [1.29, 1.82) is 0 Å². The maximum Gasteiger partial charge on any atom is 0.0702 e. The lowest BCUT2D eigenvalue weighted by Crippen LogP contribution is -2.22. The van der Waals surface area contributed by atoms with Crippen LogP contribution < -0.4 is 5.32 Å². The van der Waals surface area contributed by atoms with Crippen molar-refractivity contribution in [3.05, 3.63) is 62.9 Å². The average Bonchev–Trinajstić information content (AvgIpc) is 2.94. The highest BCUT2D eigenvalue weighted by molar-refractivity contribution is 9.11. The van der Waals surface area contributed by atoms with E-state index in [9.17, 15) is 0 Å². The first-order valence-electron chi connectivity index (χ1n) is 7.11. The molecule has 0 radical (unpaired) electrons. The molecule has 0 bridgehead atoms. The molecular weight excluding hydrogens is 344 g/mol. The van der Waals surface area contributed by atoms with E-state index >= 15 is 0 Å². The SMILES string of the molecule is CCCNC(c1cnc2ccccc2c1)c1ccc(Br)s1. The van der Waals surface area contributed by atoms with Crippen molar-refractivity contribution in [2.24, 2.45) is 0 Å². The summed E-state index contributed by atoms with van der Waals surface area (Å²) in [6, 6.07) is 15.0. The largest absolute Gasteiger partial charge is 0.306 e. The third kappa shape index (κ3) is 3.34. The number of aromatic nitrogens is 1. The van der Waals surface area contributed by atoms with Crippen molar-refractivity contribution in [2.75, 3.05) is 6.54 Å². The Hall–Kier alpha value is -1.23. The monoisotopic (exact) mass is 360 g/mol. The zero-order valence-electron chi connectivity index (χ0n) is 11.8. The van der Waals surface area contributed by atoms with Gasteiger partial charge in [0.05, 0.1) is 15.3 Å². The van der Waals surface area contributed by atoms with Crippen LogP contribution in [-0.4, -0.2) is 11.5 Å². The van der Waals surface area contributed by atoms with Crippen LogP contribution in [0, 0.1) is 0 Å². The number of nitrogens with zero attached hydrogens (tertiary/aromatic N) is 1. The molecule has 1 N–H and O–H groups in total. The molecule has 0 fully saturated rings. The fourth-order valence-electron chi connectivity index (χ4n) is 2.40. The van der Waals surface area contributed by atoms with Crippen molar-refractivity contribution < 1.29 is 0 Å². The summed E-state index contributed by atoms with van der Waals surface area (Å²) in [7, 11) is 0. The van der Waals surface area contributed by atoms with Crippen molar-refractivity contribution in [3.63, 3.8) is 0 Å². The molecule has 1 atom stereocenters. The smallest absolute Gasteiger partial charge is 0.0702 e. The Balaban J connectivity index is 2.00. The molecule has 21 heavy (non-hydrogen) atoms. The van der Waals surface area contributed by atoms with Crippen LogP contribution in [0.4, 0.5) is 0 Å². The van der Waals surface area contributed by atoms with Gasteiger partial charge in [0.15, 0.2) is 0 Å². The van der Waals surface area contributed by atoms with Gasteiger partial charge in [0, 0.05) is 16.5 Å². The molecule has 0 aliphatic carbocycles. The minimum absolute atomic E-state index is 0.207. The standard InChI is InChI=1S/C17H17BrN2S/c1-2-9-19-17(15-7-8-16(18)21-15)13-10-12-5-3-4-6-14(12)20-11-13/h3-8,10-11,17,19H,2,9H2,1H3. The van der Waals surface area contributed by atoms with E-state index in [1.807, 2.05) is 12.3 Å². The lowest BCUT2D eigenvalue weighted by atomic mass is 10.0. The highest BCUT2D eigenvalue weighted by Crippen LogP contribution is 2.32. The third-order valence-electron chi connectivity index (χ3n) is 3.42. The number of thiophene rings is 1. The summed E-state index contributed by atoms with van der Waals surface area (Å²) in [5, 5.41) is 4.82. The van der Waals surface area contributed by atoms with Gasteiger partial charge < -0.3 is 5.32 Å². The average molecular weight is 361 g/mol. The highest BCUT2D eigenvalue weighted by Gasteiger charge is 2.16. The molecule has 108 valence electrons. The molecule has 4 heteroatoms. The van der Waals surface area contributed by atoms with Gasteiger partial charge in [-0.25, -0.2) is 0 Å². The quantitative estimate of drug-likeness (QED) is 0.680. The van der Waals surface area contributed by atoms with Crippen LogP contribution in [0.1, 0.15) is 29.8 Å². The topological polar surface area (TPSA) is 24.9 Å². The first-order valence-corrected chi connectivity index (χ1v) is 8.72. The van der Waals surface area contributed by atoms with Crippen LogP contribution >= 0.6 is 27.3 Å². The Bertz CT molecular complexity index is 738. The Kier molecular flexibility index (Phi) is 4.68.